The molecule has 0 spiro atoms. The topological polar surface area (TPSA) is 109 Å². The Morgan fingerprint density at radius 1 is 1.38 bits per heavy atom. The Kier molecular flexibility index (Phi) is 4.90. The van der Waals surface area contributed by atoms with Crippen LogP contribution in [0.3, 0.4) is 0 Å². The van der Waals surface area contributed by atoms with Gasteiger partial charge in [-0.25, -0.2) is 9.37 Å². The smallest absolute Gasteiger partial charge is 0.275 e. The number of pyridine rings is 1. The van der Waals surface area contributed by atoms with Gasteiger partial charge in [-0.1, -0.05) is 26.0 Å². The number of halogens is 1. The number of rotatable bonds is 4. The fraction of sp³-hybridized carbons (Fsp3) is 0.176. The minimum Gasteiger partial charge on any atom is -0.366 e. The van der Waals surface area contributed by atoms with Crippen LogP contribution < -0.4 is 11.1 Å². The molecular weight excluding hydrogens is 311 g/mol. The van der Waals surface area contributed by atoms with Gasteiger partial charge in [-0.15, -0.1) is 0 Å². The lowest BCUT2D eigenvalue weighted by Gasteiger charge is -2.15. The summed E-state index contributed by atoms with van der Waals surface area (Å²) in [6, 6.07) is 7.93. The molecule has 0 aliphatic carbocycles. The van der Waals surface area contributed by atoms with Crippen molar-refractivity contribution < 1.29 is 14.0 Å². The van der Waals surface area contributed by atoms with Gasteiger partial charge in [-0.2, -0.15) is 5.26 Å². The first kappa shape index (κ1) is 17.1. The van der Waals surface area contributed by atoms with E-state index in [2.05, 4.69) is 10.3 Å². The van der Waals surface area contributed by atoms with Crippen molar-refractivity contribution in [2.75, 3.05) is 5.32 Å². The van der Waals surface area contributed by atoms with E-state index in [0.29, 0.717) is 5.69 Å². The molecule has 0 aliphatic rings. The molecule has 0 radical (unpaired) electrons. The van der Waals surface area contributed by atoms with Crippen LogP contribution in [0, 0.1) is 17.1 Å². The van der Waals surface area contributed by atoms with Crippen LogP contribution in [0.4, 0.5) is 10.1 Å². The summed E-state index contributed by atoms with van der Waals surface area (Å²) >= 11 is 0. The van der Waals surface area contributed by atoms with Gasteiger partial charge in [0.15, 0.2) is 0 Å². The molecule has 122 valence electrons. The molecule has 0 bridgehead atoms. The lowest BCUT2D eigenvalue weighted by molar-refractivity contribution is 0.0973. The van der Waals surface area contributed by atoms with Crippen LogP contribution in [-0.2, 0) is 0 Å². The Morgan fingerprint density at radius 3 is 2.67 bits per heavy atom. The first-order valence-corrected chi connectivity index (χ1v) is 7.14. The van der Waals surface area contributed by atoms with Crippen LogP contribution in [0.15, 0.2) is 30.5 Å². The van der Waals surface area contributed by atoms with Crippen molar-refractivity contribution in [3.8, 4) is 6.07 Å². The van der Waals surface area contributed by atoms with Crippen LogP contribution in [0.2, 0.25) is 0 Å². The molecule has 24 heavy (non-hydrogen) atoms. The number of nitriles is 1. The highest BCUT2D eigenvalue weighted by Gasteiger charge is 2.21. The highest BCUT2D eigenvalue weighted by molar-refractivity contribution is 6.11. The molecule has 7 heteroatoms. The number of para-hydroxylation sites is 1. The quantitative estimate of drug-likeness (QED) is 0.899. The van der Waals surface area contributed by atoms with Crippen molar-refractivity contribution in [2.24, 2.45) is 5.73 Å². The number of benzene rings is 1. The molecule has 2 rings (SSSR count). The van der Waals surface area contributed by atoms with Gasteiger partial charge in [0.05, 0.1) is 23.0 Å². The Balaban J connectivity index is 2.49. The number of nitrogens with two attached hydrogens (primary N) is 1. The Morgan fingerprint density at radius 2 is 2.08 bits per heavy atom. The van der Waals surface area contributed by atoms with E-state index in [9.17, 15) is 19.2 Å². The van der Waals surface area contributed by atoms with E-state index in [1.807, 2.05) is 19.9 Å². The molecule has 2 aromatic rings. The molecule has 0 fully saturated rings. The molecule has 0 unspecified atom stereocenters. The summed E-state index contributed by atoms with van der Waals surface area (Å²) in [7, 11) is 0. The van der Waals surface area contributed by atoms with E-state index in [4.69, 9.17) is 5.73 Å². The predicted octanol–water partition coefficient (Wildman–Crippen LogP) is 2.57. The fourth-order valence-electron chi connectivity index (χ4n) is 2.26. The summed E-state index contributed by atoms with van der Waals surface area (Å²) in [4.78, 5) is 27.5. The van der Waals surface area contributed by atoms with Gasteiger partial charge in [-0.05, 0) is 23.6 Å². The summed E-state index contributed by atoms with van der Waals surface area (Å²) < 4.78 is 13.2. The van der Waals surface area contributed by atoms with Crippen molar-refractivity contribution in [3.63, 3.8) is 0 Å². The number of carbonyl (C=O) groups is 2. The van der Waals surface area contributed by atoms with E-state index in [0.717, 1.165) is 17.8 Å². The second kappa shape index (κ2) is 6.87. The van der Waals surface area contributed by atoms with E-state index in [-0.39, 0.29) is 22.7 Å². The number of anilines is 1. The molecule has 1 aromatic heterocycles. The van der Waals surface area contributed by atoms with Gasteiger partial charge < -0.3 is 11.1 Å². The second-order valence-electron chi connectivity index (χ2n) is 5.40. The second-order valence-corrected chi connectivity index (χ2v) is 5.40. The molecule has 0 aliphatic heterocycles. The molecule has 1 heterocycles. The molecule has 0 saturated heterocycles. The molecule has 1 aromatic carbocycles. The SMILES string of the molecule is CC(C)c1cccc(C#N)c1NC(=O)c1ncc(F)cc1C(N)=O. The number of nitrogens with zero attached hydrogens (tertiary/aromatic N) is 2. The van der Waals surface area contributed by atoms with E-state index < -0.39 is 17.6 Å². The number of aromatic nitrogens is 1. The standard InChI is InChI=1S/C17H15FN4O2/c1-9(2)12-5-3-4-10(7-19)14(12)22-17(24)15-13(16(20)23)6-11(18)8-21-15/h3-6,8-9H,1-2H3,(H2,20,23)(H,22,24). The zero-order chi connectivity index (χ0) is 17.9. The third-order valence-electron chi connectivity index (χ3n) is 3.41. The Labute approximate surface area is 138 Å². The van der Waals surface area contributed by atoms with E-state index in [1.165, 1.54) is 0 Å². The number of hydrogen-bond acceptors (Lipinski definition) is 4. The van der Waals surface area contributed by atoms with Gasteiger partial charge >= 0.3 is 0 Å². The molecule has 3 N–H and O–H groups in total. The molecule has 2 amide bonds. The first-order chi connectivity index (χ1) is 11.3. The molecule has 0 saturated carbocycles. The maximum absolute atomic E-state index is 13.2. The summed E-state index contributed by atoms with van der Waals surface area (Å²) in [5, 5.41) is 11.8. The minimum atomic E-state index is -0.968. The normalized spacial score (nSPS) is 10.3. The number of amides is 2. The zero-order valence-corrected chi connectivity index (χ0v) is 13.1. The summed E-state index contributed by atoms with van der Waals surface area (Å²) in [6.45, 7) is 3.83. The average Bonchev–Trinajstić information content (AvgIpc) is 2.54. The van der Waals surface area contributed by atoms with Crippen LogP contribution in [0.5, 0.6) is 0 Å². The highest BCUT2D eigenvalue weighted by Crippen LogP contribution is 2.28. The van der Waals surface area contributed by atoms with Gasteiger partial charge in [0.2, 0.25) is 0 Å². The third kappa shape index (κ3) is 3.38. The first-order valence-electron chi connectivity index (χ1n) is 7.14. The third-order valence-corrected chi connectivity index (χ3v) is 3.41. The lowest BCUT2D eigenvalue weighted by Crippen LogP contribution is -2.23. The zero-order valence-electron chi connectivity index (χ0n) is 13.1. The van der Waals surface area contributed by atoms with Crippen molar-refractivity contribution in [3.05, 3.63) is 58.7 Å². The number of nitrogens with one attached hydrogen (secondary N) is 1. The minimum absolute atomic E-state index is 0.0467. The lowest BCUT2D eigenvalue weighted by atomic mass is 9.98. The number of primary amides is 1. The van der Waals surface area contributed by atoms with E-state index >= 15 is 0 Å². The van der Waals surface area contributed by atoms with Crippen molar-refractivity contribution in [2.45, 2.75) is 19.8 Å². The summed E-state index contributed by atoms with van der Waals surface area (Å²) in [6.07, 6.45) is 0.820. The average molecular weight is 326 g/mol. The summed E-state index contributed by atoms with van der Waals surface area (Å²) in [5.74, 6) is -2.44. The van der Waals surface area contributed by atoms with Crippen molar-refractivity contribution in [1.82, 2.24) is 4.98 Å². The van der Waals surface area contributed by atoms with E-state index in [1.54, 1.807) is 18.2 Å². The molecule has 0 atom stereocenters. The molecular formula is C17H15FN4O2. The Hall–Kier alpha value is -3.27. The number of hydrogen-bond donors (Lipinski definition) is 2. The van der Waals surface area contributed by atoms with Crippen LogP contribution >= 0.6 is 0 Å². The van der Waals surface area contributed by atoms with Crippen molar-refractivity contribution in [1.29, 1.82) is 5.26 Å². The predicted molar refractivity (Wildman–Crippen MR) is 85.9 cm³/mol. The largest absolute Gasteiger partial charge is 0.366 e. The molecule has 6 nitrogen and oxygen atoms in total. The monoisotopic (exact) mass is 326 g/mol. The van der Waals surface area contributed by atoms with Crippen LogP contribution in [0.25, 0.3) is 0 Å². The van der Waals surface area contributed by atoms with Gasteiger partial charge in [-0.3, -0.25) is 9.59 Å². The number of carbonyl (C=O) groups excluding carboxylic acids is 2. The highest BCUT2D eigenvalue weighted by atomic mass is 19.1. The van der Waals surface area contributed by atoms with Crippen molar-refractivity contribution >= 4 is 17.5 Å². The fourth-order valence-corrected chi connectivity index (χ4v) is 2.26. The van der Waals surface area contributed by atoms with Gasteiger partial charge in [0, 0.05) is 0 Å². The van der Waals surface area contributed by atoms with Gasteiger partial charge in [0.25, 0.3) is 11.8 Å². The summed E-state index contributed by atoms with van der Waals surface area (Å²) in [5.41, 5.74) is 5.91. The Bertz CT molecular complexity index is 856. The van der Waals surface area contributed by atoms with Crippen LogP contribution in [0.1, 0.15) is 51.7 Å². The maximum atomic E-state index is 13.2. The van der Waals surface area contributed by atoms with Crippen LogP contribution in [-0.4, -0.2) is 16.8 Å². The van der Waals surface area contributed by atoms with Gasteiger partial charge in [0.1, 0.15) is 17.6 Å². The maximum Gasteiger partial charge on any atom is 0.275 e.